The van der Waals surface area contributed by atoms with Crippen LogP contribution in [-0.2, 0) is 4.79 Å². The number of Topliss-reactive ketones (excluding diaryl/α,β-unsaturated/α-hetero) is 1. The van der Waals surface area contributed by atoms with Crippen LogP contribution in [0.15, 0.2) is 40.5 Å². The standard InChI is InChI=1S/C13H10ClNO3/c1-7-6-15-11(13(17)18)10(7)12(16)8-4-2-3-5-9(8)14/h2-7H,1H3,(H,17,18). The number of carbonyl (C=O) groups is 2. The molecule has 1 heterocycles. The average molecular weight is 264 g/mol. The first-order valence-corrected chi connectivity index (χ1v) is 5.71. The highest BCUT2D eigenvalue weighted by molar-refractivity contribution is 6.35. The molecule has 0 radical (unpaired) electrons. The third kappa shape index (κ3) is 2.07. The summed E-state index contributed by atoms with van der Waals surface area (Å²) in [4.78, 5) is 27.1. The molecule has 0 spiro atoms. The van der Waals surface area contributed by atoms with Gasteiger partial charge < -0.3 is 5.11 Å². The Balaban J connectivity index is 2.50. The van der Waals surface area contributed by atoms with Crippen LogP contribution in [0.1, 0.15) is 17.3 Å². The van der Waals surface area contributed by atoms with Crippen molar-refractivity contribution in [2.24, 2.45) is 10.9 Å². The van der Waals surface area contributed by atoms with Crippen LogP contribution in [0.2, 0.25) is 5.02 Å². The molecule has 2 rings (SSSR count). The van der Waals surface area contributed by atoms with Crippen molar-refractivity contribution in [2.45, 2.75) is 6.92 Å². The normalized spacial score (nSPS) is 18.2. The zero-order valence-electron chi connectivity index (χ0n) is 9.55. The van der Waals surface area contributed by atoms with Gasteiger partial charge in [0.25, 0.3) is 0 Å². The molecular formula is C13H10ClNO3. The molecule has 1 aromatic carbocycles. The number of carboxylic acids is 1. The van der Waals surface area contributed by atoms with E-state index in [1.165, 1.54) is 6.21 Å². The van der Waals surface area contributed by atoms with Crippen LogP contribution in [0.3, 0.4) is 0 Å². The number of carboxylic acid groups (broad SMARTS) is 1. The van der Waals surface area contributed by atoms with Crippen LogP contribution in [0, 0.1) is 5.92 Å². The lowest BCUT2D eigenvalue weighted by Crippen LogP contribution is -2.13. The number of benzene rings is 1. The summed E-state index contributed by atoms with van der Waals surface area (Å²) in [6, 6.07) is 6.55. The van der Waals surface area contributed by atoms with Crippen LogP contribution in [-0.4, -0.2) is 23.1 Å². The second-order valence-corrected chi connectivity index (χ2v) is 4.35. The van der Waals surface area contributed by atoms with Crippen molar-refractivity contribution in [2.75, 3.05) is 0 Å². The number of halogens is 1. The summed E-state index contributed by atoms with van der Waals surface area (Å²) in [6.45, 7) is 1.73. The number of carbonyl (C=O) groups excluding carboxylic acids is 1. The highest BCUT2D eigenvalue weighted by atomic mass is 35.5. The van der Waals surface area contributed by atoms with E-state index in [4.69, 9.17) is 16.7 Å². The summed E-state index contributed by atoms with van der Waals surface area (Å²) < 4.78 is 0. The lowest BCUT2D eigenvalue weighted by atomic mass is 9.94. The Morgan fingerprint density at radius 1 is 1.33 bits per heavy atom. The zero-order valence-corrected chi connectivity index (χ0v) is 10.3. The second-order valence-electron chi connectivity index (χ2n) is 3.94. The molecule has 0 aliphatic carbocycles. The average Bonchev–Trinajstić information content (AvgIpc) is 2.71. The molecule has 0 aromatic heterocycles. The van der Waals surface area contributed by atoms with Gasteiger partial charge >= 0.3 is 5.97 Å². The van der Waals surface area contributed by atoms with E-state index in [2.05, 4.69) is 4.99 Å². The fourth-order valence-corrected chi connectivity index (χ4v) is 2.04. The summed E-state index contributed by atoms with van der Waals surface area (Å²) in [5.74, 6) is -1.91. The molecule has 5 heteroatoms. The Kier molecular flexibility index (Phi) is 3.30. The summed E-state index contributed by atoms with van der Waals surface area (Å²) >= 11 is 5.94. The van der Waals surface area contributed by atoms with Gasteiger partial charge in [0.2, 0.25) is 0 Å². The fraction of sp³-hybridized carbons (Fsp3) is 0.154. The van der Waals surface area contributed by atoms with Gasteiger partial charge in [0.05, 0.1) is 5.02 Å². The molecule has 4 nitrogen and oxygen atoms in total. The van der Waals surface area contributed by atoms with Gasteiger partial charge in [0.1, 0.15) is 0 Å². The first kappa shape index (κ1) is 12.5. The van der Waals surface area contributed by atoms with Crippen molar-refractivity contribution in [3.8, 4) is 0 Å². The third-order valence-electron chi connectivity index (χ3n) is 2.70. The van der Waals surface area contributed by atoms with Gasteiger partial charge in [-0.25, -0.2) is 4.79 Å². The SMILES string of the molecule is CC1C=NC(C(=O)O)=C1C(=O)c1ccccc1Cl. The maximum Gasteiger partial charge on any atom is 0.354 e. The maximum atomic E-state index is 12.3. The number of nitrogens with zero attached hydrogens (tertiary/aromatic N) is 1. The van der Waals surface area contributed by atoms with E-state index in [9.17, 15) is 9.59 Å². The van der Waals surface area contributed by atoms with E-state index in [-0.39, 0.29) is 23.0 Å². The fourth-order valence-electron chi connectivity index (χ4n) is 1.82. The van der Waals surface area contributed by atoms with E-state index in [0.29, 0.717) is 10.6 Å². The first-order chi connectivity index (χ1) is 8.52. The molecule has 0 bridgehead atoms. The number of hydrogen-bond acceptors (Lipinski definition) is 3. The zero-order chi connectivity index (χ0) is 13.3. The monoisotopic (exact) mass is 263 g/mol. The molecule has 1 atom stereocenters. The lowest BCUT2D eigenvalue weighted by Gasteiger charge is -2.08. The van der Waals surface area contributed by atoms with Crippen LogP contribution in [0.25, 0.3) is 0 Å². The number of allylic oxidation sites excluding steroid dienone is 1. The Morgan fingerprint density at radius 2 is 2.00 bits per heavy atom. The molecular weight excluding hydrogens is 254 g/mol. The van der Waals surface area contributed by atoms with Gasteiger partial charge in [-0.3, -0.25) is 9.79 Å². The molecule has 18 heavy (non-hydrogen) atoms. The smallest absolute Gasteiger partial charge is 0.354 e. The van der Waals surface area contributed by atoms with Crippen LogP contribution < -0.4 is 0 Å². The molecule has 92 valence electrons. The number of ketones is 1. The number of aliphatic imine (C=N–C) groups is 1. The van der Waals surface area contributed by atoms with Gasteiger partial charge in [-0.1, -0.05) is 30.7 Å². The van der Waals surface area contributed by atoms with E-state index >= 15 is 0 Å². The minimum Gasteiger partial charge on any atom is -0.477 e. The van der Waals surface area contributed by atoms with Gasteiger partial charge in [-0.15, -0.1) is 0 Å². The Morgan fingerprint density at radius 3 is 2.61 bits per heavy atom. The van der Waals surface area contributed by atoms with E-state index in [1.807, 2.05) is 0 Å². The van der Waals surface area contributed by atoms with Gasteiger partial charge in [0, 0.05) is 23.3 Å². The molecule has 0 saturated carbocycles. The number of aliphatic carboxylic acids is 1. The topological polar surface area (TPSA) is 66.7 Å². The largest absolute Gasteiger partial charge is 0.477 e. The van der Waals surface area contributed by atoms with Gasteiger partial charge in [0.15, 0.2) is 11.5 Å². The Labute approximate surface area is 109 Å². The van der Waals surface area contributed by atoms with E-state index in [1.54, 1.807) is 31.2 Å². The molecule has 1 aliphatic heterocycles. The highest BCUT2D eigenvalue weighted by Crippen LogP contribution is 2.28. The van der Waals surface area contributed by atoms with E-state index < -0.39 is 5.97 Å². The second kappa shape index (κ2) is 4.74. The van der Waals surface area contributed by atoms with E-state index in [0.717, 1.165) is 0 Å². The Bertz CT molecular complexity index is 590. The van der Waals surface area contributed by atoms with Gasteiger partial charge in [-0.2, -0.15) is 0 Å². The number of rotatable bonds is 3. The molecule has 0 fully saturated rings. The lowest BCUT2D eigenvalue weighted by molar-refractivity contribution is -0.132. The minimum atomic E-state index is -1.20. The summed E-state index contributed by atoms with van der Waals surface area (Å²) in [7, 11) is 0. The summed E-state index contributed by atoms with van der Waals surface area (Å²) in [6.07, 6.45) is 1.45. The van der Waals surface area contributed by atoms with Crippen molar-refractivity contribution < 1.29 is 14.7 Å². The summed E-state index contributed by atoms with van der Waals surface area (Å²) in [5, 5.41) is 9.31. The predicted octanol–water partition coefficient (Wildman–Crippen LogP) is 2.58. The van der Waals surface area contributed by atoms with Crippen molar-refractivity contribution in [3.63, 3.8) is 0 Å². The van der Waals surface area contributed by atoms with Crippen LogP contribution in [0.4, 0.5) is 0 Å². The van der Waals surface area contributed by atoms with Gasteiger partial charge in [-0.05, 0) is 12.1 Å². The van der Waals surface area contributed by atoms with Crippen LogP contribution >= 0.6 is 11.6 Å². The Hall–Kier alpha value is -1.94. The van der Waals surface area contributed by atoms with Crippen molar-refractivity contribution in [3.05, 3.63) is 46.1 Å². The molecule has 1 N–H and O–H groups in total. The predicted molar refractivity (Wildman–Crippen MR) is 68.1 cm³/mol. The molecule has 1 unspecified atom stereocenters. The molecule has 1 aromatic rings. The third-order valence-corrected chi connectivity index (χ3v) is 3.03. The molecule has 1 aliphatic rings. The quantitative estimate of drug-likeness (QED) is 0.853. The maximum absolute atomic E-state index is 12.3. The van der Waals surface area contributed by atoms with Crippen molar-refractivity contribution in [1.82, 2.24) is 0 Å². The van der Waals surface area contributed by atoms with Crippen molar-refractivity contribution in [1.29, 1.82) is 0 Å². The number of hydrogen-bond donors (Lipinski definition) is 1. The first-order valence-electron chi connectivity index (χ1n) is 5.33. The highest BCUT2D eigenvalue weighted by Gasteiger charge is 2.30. The van der Waals surface area contributed by atoms with Crippen LogP contribution in [0.5, 0.6) is 0 Å². The minimum absolute atomic E-state index is 0.176. The molecule has 0 saturated heterocycles. The summed E-state index contributed by atoms with van der Waals surface area (Å²) in [5.41, 5.74) is 0.272. The van der Waals surface area contributed by atoms with Crippen molar-refractivity contribution >= 4 is 29.6 Å². The molecule has 0 amide bonds.